The molecular weight excluding hydrogens is 219 g/mol. The first-order valence-electron chi connectivity index (χ1n) is 4.15. The van der Waals surface area contributed by atoms with Crippen LogP contribution in [0, 0.1) is 0 Å². The monoisotopic (exact) mass is 234 g/mol. The van der Waals surface area contributed by atoms with Crippen LogP contribution in [0.5, 0.6) is 0 Å². The van der Waals surface area contributed by atoms with Crippen molar-refractivity contribution in [2.24, 2.45) is 0 Å². The molecule has 0 aromatic heterocycles. The molecule has 0 aliphatic rings. The third-order valence-corrected chi connectivity index (χ3v) is 2.25. The van der Waals surface area contributed by atoms with Gasteiger partial charge in [-0.3, -0.25) is 0 Å². The molecule has 0 heterocycles. The maximum absolute atomic E-state index is 10.1. The van der Waals surface area contributed by atoms with Crippen LogP contribution in [0.1, 0.15) is 19.8 Å². The molecule has 80 valence electrons. The van der Waals surface area contributed by atoms with Crippen LogP contribution in [0.15, 0.2) is 0 Å². The predicted octanol–water partition coefficient (Wildman–Crippen LogP) is -3.29. The molecule has 0 radical (unpaired) electrons. The summed E-state index contributed by atoms with van der Waals surface area (Å²) in [7, 11) is -4.12. The van der Waals surface area contributed by atoms with Gasteiger partial charge in [0, 0.05) is 12.4 Å². The second kappa shape index (κ2) is 9.08. The molecule has 7 heteroatoms. The summed E-state index contributed by atoms with van der Waals surface area (Å²) in [6.07, 6.45) is 0.270. The Morgan fingerprint density at radius 1 is 1.50 bits per heavy atom. The zero-order chi connectivity index (χ0) is 10.3. The minimum absolute atomic E-state index is 0. The van der Waals surface area contributed by atoms with Crippen molar-refractivity contribution >= 4 is 10.1 Å². The molecule has 14 heavy (non-hydrogen) atoms. The van der Waals surface area contributed by atoms with Crippen LogP contribution in [-0.2, 0) is 14.9 Å². The minimum Gasteiger partial charge on any atom is -0.748 e. The number of aliphatic hydroxyl groups is 1. The Labute approximate surface area is 107 Å². The summed E-state index contributed by atoms with van der Waals surface area (Å²) in [5.74, 6) is -0.408. The Morgan fingerprint density at radius 3 is 2.50 bits per heavy atom. The molecule has 0 aliphatic carbocycles. The van der Waals surface area contributed by atoms with Gasteiger partial charge in [-0.15, -0.1) is 0 Å². The van der Waals surface area contributed by atoms with E-state index in [2.05, 4.69) is 0 Å². The molecule has 0 saturated carbocycles. The molecule has 0 fully saturated rings. The number of rotatable bonds is 7. The van der Waals surface area contributed by atoms with E-state index in [0.29, 0.717) is 6.42 Å². The zero-order valence-electron chi connectivity index (χ0n) is 8.60. The number of aliphatic hydroxyl groups excluding tert-OH is 1. The average Bonchev–Trinajstić information content (AvgIpc) is 2.01. The first kappa shape index (κ1) is 17.2. The van der Waals surface area contributed by atoms with Crippen molar-refractivity contribution in [3.05, 3.63) is 0 Å². The fourth-order valence-corrected chi connectivity index (χ4v) is 1.15. The van der Waals surface area contributed by atoms with Crippen LogP contribution < -0.4 is 29.6 Å². The Hall–Kier alpha value is 0.830. The van der Waals surface area contributed by atoms with Crippen LogP contribution in [0.2, 0.25) is 0 Å². The molecule has 0 bridgehead atoms. The maximum atomic E-state index is 10.1. The van der Waals surface area contributed by atoms with Gasteiger partial charge in [0.05, 0.1) is 22.8 Å². The Morgan fingerprint density at radius 2 is 2.07 bits per heavy atom. The molecule has 0 saturated heterocycles. The van der Waals surface area contributed by atoms with E-state index in [9.17, 15) is 13.0 Å². The SMILES string of the molecule is CCC(O)COCCCS(=O)(=O)[O-].[Na+]. The Bertz CT molecular complexity index is 216. The van der Waals surface area contributed by atoms with Gasteiger partial charge in [-0.1, -0.05) is 6.92 Å². The van der Waals surface area contributed by atoms with Crippen molar-refractivity contribution in [1.29, 1.82) is 0 Å². The van der Waals surface area contributed by atoms with Crippen LogP contribution in [0.3, 0.4) is 0 Å². The van der Waals surface area contributed by atoms with Crippen molar-refractivity contribution in [3.8, 4) is 0 Å². The first-order chi connectivity index (χ1) is 5.95. The van der Waals surface area contributed by atoms with Crippen molar-refractivity contribution in [3.63, 3.8) is 0 Å². The molecule has 1 N–H and O–H groups in total. The second-order valence-electron chi connectivity index (χ2n) is 2.75. The maximum Gasteiger partial charge on any atom is 1.00 e. The number of ether oxygens (including phenoxy) is 1. The summed E-state index contributed by atoms with van der Waals surface area (Å²) in [6.45, 7) is 2.20. The Balaban J connectivity index is 0. The summed E-state index contributed by atoms with van der Waals surface area (Å²) in [4.78, 5) is 0. The zero-order valence-corrected chi connectivity index (χ0v) is 11.4. The second-order valence-corrected chi connectivity index (χ2v) is 4.28. The molecule has 0 rings (SSSR count). The van der Waals surface area contributed by atoms with Crippen molar-refractivity contribution in [2.45, 2.75) is 25.9 Å². The molecule has 0 aromatic carbocycles. The van der Waals surface area contributed by atoms with E-state index in [0.717, 1.165) is 0 Å². The van der Waals surface area contributed by atoms with Crippen LogP contribution in [-0.4, -0.2) is 43.1 Å². The van der Waals surface area contributed by atoms with Crippen LogP contribution in [0.4, 0.5) is 0 Å². The molecule has 0 aromatic rings. The molecule has 0 amide bonds. The van der Waals surface area contributed by atoms with Crippen LogP contribution in [0.25, 0.3) is 0 Å². The van der Waals surface area contributed by atoms with E-state index in [1.54, 1.807) is 0 Å². The van der Waals surface area contributed by atoms with Gasteiger partial charge in [-0.05, 0) is 12.8 Å². The van der Waals surface area contributed by atoms with Crippen molar-refractivity contribution in [2.75, 3.05) is 19.0 Å². The predicted molar refractivity (Wildman–Crippen MR) is 46.3 cm³/mol. The van der Waals surface area contributed by atoms with E-state index in [-0.39, 0.29) is 49.2 Å². The first-order valence-corrected chi connectivity index (χ1v) is 5.73. The molecule has 0 aliphatic heterocycles. The van der Waals surface area contributed by atoms with Gasteiger partial charge in [0.1, 0.15) is 0 Å². The van der Waals surface area contributed by atoms with Gasteiger partial charge in [0.25, 0.3) is 0 Å². The summed E-state index contributed by atoms with van der Waals surface area (Å²) >= 11 is 0. The van der Waals surface area contributed by atoms with Gasteiger partial charge < -0.3 is 14.4 Å². The molecule has 5 nitrogen and oxygen atoms in total. The van der Waals surface area contributed by atoms with E-state index in [1.165, 1.54) is 0 Å². The van der Waals surface area contributed by atoms with Gasteiger partial charge in [0.15, 0.2) is 0 Å². The smallest absolute Gasteiger partial charge is 0.748 e. The average molecular weight is 234 g/mol. The van der Waals surface area contributed by atoms with Crippen molar-refractivity contribution < 1.29 is 52.4 Å². The molecule has 1 unspecified atom stereocenters. The van der Waals surface area contributed by atoms with E-state index < -0.39 is 22.0 Å². The topological polar surface area (TPSA) is 86.7 Å². The molecule has 1 atom stereocenters. The van der Waals surface area contributed by atoms with E-state index in [4.69, 9.17) is 9.84 Å². The minimum atomic E-state index is -4.12. The van der Waals surface area contributed by atoms with E-state index >= 15 is 0 Å². The van der Waals surface area contributed by atoms with Gasteiger partial charge in [0.2, 0.25) is 0 Å². The summed E-state index contributed by atoms with van der Waals surface area (Å²) in [5.41, 5.74) is 0. The largest absolute Gasteiger partial charge is 1.00 e. The van der Waals surface area contributed by atoms with Crippen LogP contribution >= 0.6 is 0 Å². The quantitative estimate of drug-likeness (QED) is 0.283. The Kier molecular flexibility index (Phi) is 11.2. The standard InChI is InChI=1S/C7H16O5S.Na/c1-2-7(8)6-12-4-3-5-13(9,10)11;/h7-8H,2-6H2,1H3,(H,9,10,11);/q;+1/p-1. The van der Waals surface area contributed by atoms with Crippen molar-refractivity contribution in [1.82, 2.24) is 0 Å². The fraction of sp³-hybridized carbons (Fsp3) is 1.00. The number of hydrogen-bond donors (Lipinski definition) is 1. The summed E-state index contributed by atoms with van der Waals surface area (Å²) in [5, 5.41) is 9.01. The van der Waals surface area contributed by atoms with Gasteiger partial charge in [-0.25, -0.2) is 8.42 Å². The molecular formula is C7H15NaO5S. The fourth-order valence-electron chi connectivity index (χ4n) is 0.675. The van der Waals surface area contributed by atoms with Gasteiger partial charge in [-0.2, -0.15) is 0 Å². The molecule has 0 spiro atoms. The third kappa shape index (κ3) is 12.8. The third-order valence-electron chi connectivity index (χ3n) is 1.46. The summed E-state index contributed by atoms with van der Waals surface area (Å²) in [6, 6.07) is 0. The normalized spacial score (nSPS) is 13.4. The van der Waals surface area contributed by atoms with Gasteiger partial charge >= 0.3 is 29.6 Å². The number of hydrogen-bond acceptors (Lipinski definition) is 5. The van der Waals surface area contributed by atoms with E-state index in [1.807, 2.05) is 6.92 Å². The summed E-state index contributed by atoms with van der Waals surface area (Å²) < 4.78 is 35.3.